The van der Waals surface area contributed by atoms with Crippen molar-refractivity contribution in [1.82, 2.24) is 15.3 Å². The van der Waals surface area contributed by atoms with Crippen LogP contribution in [0.4, 0.5) is 0 Å². The van der Waals surface area contributed by atoms with E-state index >= 15 is 0 Å². The Hall–Kier alpha value is -3.40. The van der Waals surface area contributed by atoms with Gasteiger partial charge in [-0.3, -0.25) is 9.78 Å². The second kappa shape index (κ2) is 7.87. The molecule has 0 radical (unpaired) electrons. The largest absolute Gasteiger partial charge is 0.361 e. The van der Waals surface area contributed by atoms with Crippen molar-refractivity contribution >= 4 is 16.8 Å². The monoisotopic (exact) mass is 355 g/mol. The van der Waals surface area contributed by atoms with E-state index in [2.05, 4.69) is 39.6 Å². The van der Waals surface area contributed by atoms with Crippen LogP contribution in [0.25, 0.3) is 10.9 Å². The molecular weight excluding hydrogens is 334 g/mol. The number of pyridine rings is 1. The highest BCUT2D eigenvalue weighted by Gasteiger charge is 2.21. The Morgan fingerprint density at radius 2 is 1.81 bits per heavy atom. The van der Waals surface area contributed by atoms with Gasteiger partial charge in [0.2, 0.25) is 5.91 Å². The summed E-state index contributed by atoms with van der Waals surface area (Å²) < 4.78 is 0. The number of nitrogens with one attached hydrogen (secondary N) is 2. The Labute approximate surface area is 158 Å². The van der Waals surface area contributed by atoms with Crippen molar-refractivity contribution in [3.63, 3.8) is 0 Å². The molecule has 2 aromatic heterocycles. The van der Waals surface area contributed by atoms with E-state index in [0.717, 1.165) is 27.6 Å². The Balaban J connectivity index is 1.58. The van der Waals surface area contributed by atoms with E-state index in [1.807, 2.05) is 48.7 Å². The number of carbonyl (C=O) groups excluding carboxylic acids is 1. The predicted molar refractivity (Wildman–Crippen MR) is 107 cm³/mol. The van der Waals surface area contributed by atoms with Crippen LogP contribution in [0.1, 0.15) is 29.0 Å². The first kappa shape index (κ1) is 17.0. The summed E-state index contributed by atoms with van der Waals surface area (Å²) in [5.74, 6) is 0.0224. The third-order valence-electron chi connectivity index (χ3n) is 4.80. The van der Waals surface area contributed by atoms with Gasteiger partial charge < -0.3 is 10.3 Å². The van der Waals surface area contributed by atoms with Gasteiger partial charge in [-0.1, -0.05) is 54.6 Å². The summed E-state index contributed by atoms with van der Waals surface area (Å²) in [6.45, 7) is 0.488. The van der Waals surface area contributed by atoms with Crippen LogP contribution in [-0.2, 0) is 11.3 Å². The third kappa shape index (κ3) is 3.90. The number of hydrogen-bond donors (Lipinski definition) is 2. The van der Waals surface area contributed by atoms with Crippen molar-refractivity contribution < 1.29 is 4.79 Å². The molecule has 4 aromatic rings. The van der Waals surface area contributed by atoms with Gasteiger partial charge in [0, 0.05) is 48.4 Å². The molecule has 1 atom stereocenters. The van der Waals surface area contributed by atoms with E-state index < -0.39 is 0 Å². The Bertz CT molecular complexity index is 1030. The average Bonchev–Trinajstić information content (AvgIpc) is 3.16. The zero-order valence-corrected chi connectivity index (χ0v) is 14.9. The molecule has 1 unspecified atom stereocenters. The SMILES string of the molecule is O=C(CC(c1ccccc1)c1c[nH]c2ccccc12)NCc1cccnc1. The fraction of sp³-hybridized carbons (Fsp3) is 0.130. The number of nitrogens with zero attached hydrogens (tertiary/aromatic N) is 1. The Morgan fingerprint density at radius 3 is 2.63 bits per heavy atom. The molecule has 27 heavy (non-hydrogen) atoms. The van der Waals surface area contributed by atoms with Crippen LogP contribution >= 0.6 is 0 Å². The van der Waals surface area contributed by atoms with E-state index in [1.165, 1.54) is 0 Å². The van der Waals surface area contributed by atoms with Gasteiger partial charge in [-0.15, -0.1) is 0 Å². The van der Waals surface area contributed by atoms with Crippen LogP contribution in [0.15, 0.2) is 85.3 Å². The summed E-state index contributed by atoms with van der Waals surface area (Å²) in [4.78, 5) is 20.1. The first-order chi connectivity index (χ1) is 13.3. The molecule has 4 rings (SSSR count). The minimum Gasteiger partial charge on any atom is -0.361 e. The highest BCUT2D eigenvalue weighted by Crippen LogP contribution is 2.33. The van der Waals surface area contributed by atoms with Crippen molar-refractivity contribution in [3.8, 4) is 0 Å². The van der Waals surface area contributed by atoms with Gasteiger partial charge >= 0.3 is 0 Å². The maximum atomic E-state index is 12.7. The number of fused-ring (bicyclic) bond motifs is 1. The van der Waals surface area contributed by atoms with Crippen LogP contribution in [0.5, 0.6) is 0 Å². The van der Waals surface area contributed by atoms with E-state index in [4.69, 9.17) is 0 Å². The number of H-pyrrole nitrogens is 1. The number of benzene rings is 2. The molecule has 1 amide bonds. The number of carbonyl (C=O) groups is 1. The molecule has 0 fully saturated rings. The molecule has 0 saturated heterocycles. The second-order valence-electron chi connectivity index (χ2n) is 6.59. The average molecular weight is 355 g/mol. The first-order valence-electron chi connectivity index (χ1n) is 9.08. The van der Waals surface area contributed by atoms with Gasteiger partial charge in [0.15, 0.2) is 0 Å². The third-order valence-corrected chi connectivity index (χ3v) is 4.80. The summed E-state index contributed by atoms with van der Waals surface area (Å²) in [5, 5.41) is 4.18. The molecule has 4 heteroatoms. The molecule has 4 nitrogen and oxygen atoms in total. The lowest BCUT2D eigenvalue weighted by atomic mass is 9.88. The van der Waals surface area contributed by atoms with Crippen molar-refractivity contribution in [2.45, 2.75) is 18.9 Å². The Kier molecular flexibility index (Phi) is 4.97. The summed E-state index contributed by atoms with van der Waals surface area (Å²) >= 11 is 0. The summed E-state index contributed by atoms with van der Waals surface area (Å²) in [5.41, 5.74) is 4.37. The quantitative estimate of drug-likeness (QED) is 0.538. The van der Waals surface area contributed by atoms with Gasteiger partial charge in [0.25, 0.3) is 0 Å². The number of amides is 1. The lowest BCUT2D eigenvalue weighted by molar-refractivity contribution is -0.121. The van der Waals surface area contributed by atoms with Crippen molar-refractivity contribution in [1.29, 1.82) is 0 Å². The number of para-hydroxylation sites is 1. The summed E-state index contributed by atoms with van der Waals surface area (Å²) in [6.07, 6.45) is 5.92. The van der Waals surface area contributed by atoms with Gasteiger partial charge in [0.05, 0.1) is 0 Å². The van der Waals surface area contributed by atoms with E-state index in [0.29, 0.717) is 13.0 Å². The molecule has 134 valence electrons. The predicted octanol–water partition coefficient (Wildman–Crippen LogP) is 4.40. The zero-order valence-electron chi connectivity index (χ0n) is 14.9. The fourth-order valence-corrected chi connectivity index (χ4v) is 3.44. The van der Waals surface area contributed by atoms with Gasteiger partial charge in [-0.2, -0.15) is 0 Å². The van der Waals surface area contributed by atoms with Crippen molar-refractivity contribution in [2.24, 2.45) is 0 Å². The topological polar surface area (TPSA) is 57.8 Å². The van der Waals surface area contributed by atoms with E-state index in [1.54, 1.807) is 12.4 Å². The molecule has 2 N–H and O–H groups in total. The van der Waals surface area contributed by atoms with E-state index in [9.17, 15) is 4.79 Å². The van der Waals surface area contributed by atoms with Crippen molar-refractivity contribution in [2.75, 3.05) is 0 Å². The standard InChI is InChI=1S/C23H21N3O/c27-23(26-15-17-7-6-12-24-14-17)13-20(18-8-2-1-3-9-18)21-16-25-22-11-5-4-10-19(21)22/h1-12,14,16,20,25H,13,15H2,(H,26,27). The minimum absolute atomic E-state index is 0.00347. The number of aromatic nitrogens is 2. The molecular formula is C23H21N3O. The molecule has 0 aliphatic rings. The molecule has 2 heterocycles. The molecule has 0 bridgehead atoms. The molecule has 0 saturated carbocycles. The number of rotatable bonds is 6. The fourth-order valence-electron chi connectivity index (χ4n) is 3.44. The van der Waals surface area contributed by atoms with E-state index in [-0.39, 0.29) is 11.8 Å². The van der Waals surface area contributed by atoms with Gasteiger partial charge in [-0.05, 0) is 28.8 Å². The molecule has 0 aliphatic heterocycles. The molecule has 0 spiro atoms. The maximum Gasteiger partial charge on any atom is 0.221 e. The second-order valence-corrected chi connectivity index (χ2v) is 6.59. The number of hydrogen-bond acceptors (Lipinski definition) is 2. The number of aromatic amines is 1. The van der Waals surface area contributed by atoms with Crippen LogP contribution in [0, 0.1) is 0 Å². The van der Waals surface area contributed by atoms with Gasteiger partial charge in [0.1, 0.15) is 0 Å². The highest BCUT2D eigenvalue weighted by molar-refractivity contribution is 5.86. The van der Waals surface area contributed by atoms with Crippen molar-refractivity contribution in [3.05, 3.63) is 102 Å². The van der Waals surface area contributed by atoms with Crippen LogP contribution in [0.2, 0.25) is 0 Å². The molecule has 2 aromatic carbocycles. The van der Waals surface area contributed by atoms with Crippen LogP contribution in [0.3, 0.4) is 0 Å². The zero-order chi connectivity index (χ0) is 18.5. The van der Waals surface area contributed by atoms with Gasteiger partial charge in [-0.25, -0.2) is 0 Å². The highest BCUT2D eigenvalue weighted by atomic mass is 16.1. The van der Waals surface area contributed by atoms with Crippen LogP contribution < -0.4 is 5.32 Å². The maximum absolute atomic E-state index is 12.7. The minimum atomic E-state index is -0.00347. The molecule has 0 aliphatic carbocycles. The normalized spacial score (nSPS) is 12.0. The lowest BCUT2D eigenvalue weighted by Gasteiger charge is -2.17. The summed E-state index contributed by atoms with van der Waals surface area (Å²) in [6, 6.07) is 22.2. The summed E-state index contributed by atoms with van der Waals surface area (Å²) in [7, 11) is 0. The van der Waals surface area contributed by atoms with Crippen LogP contribution in [-0.4, -0.2) is 15.9 Å². The Morgan fingerprint density at radius 1 is 1.00 bits per heavy atom. The lowest BCUT2D eigenvalue weighted by Crippen LogP contribution is -2.25. The first-order valence-corrected chi connectivity index (χ1v) is 9.08. The smallest absolute Gasteiger partial charge is 0.221 e.